The van der Waals surface area contributed by atoms with Crippen LogP contribution in [0.5, 0.6) is 0 Å². The minimum Gasteiger partial charge on any atom is -0.237 e. The van der Waals surface area contributed by atoms with Gasteiger partial charge in [0, 0.05) is 22.0 Å². The van der Waals surface area contributed by atoms with Gasteiger partial charge in [-0.3, -0.25) is 0 Å². The Morgan fingerprint density at radius 2 is 0.652 bits per heavy atom. The van der Waals surface area contributed by atoms with Gasteiger partial charge in [-0.25, -0.2) is 9.97 Å². The van der Waals surface area contributed by atoms with Crippen LogP contribution >= 0.6 is 0 Å². The second-order valence-electron chi connectivity index (χ2n) is 18.5. The Morgan fingerprint density at radius 1 is 0.261 bits per heavy atom. The highest BCUT2D eigenvalue weighted by atomic mass is 28.3. The predicted molar refractivity (Wildman–Crippen MR) is 293 cm³/mol. The molecule has 0 unspecified atom stereocenters. The number of rotatable bonds is 9. The van der Waals surface area contributed by atoms with Crippen molar-refractivity contribution in [2.45, 2.75) is 13.1 Å². The Kier molecular flexibility index (Phi) is 10.7. The molecule has 11 aromatic rings. The zero-order valence-electron chi connectivity index (χ0n) is 38.6. The number of aromatic nitrogens is 2. The first kappa shape index (κ1) is 41.9. The minimum atomic E-state index is -2.18. The number of hydrogen-bond acceptors (Lipinski definition) is 2. The molecule has 0 fully saturated rings. The first-order valence-electron chi connectivity index (χ1n) is 23.8. The van der Waals surface area contributed by atoms with E-state index in [4.69, 9.17) is 9.97 Å². The van der Waals surface area contributed by atoms with Gasteiger partial charge in [-0.2, -0.15) is 0 Å². The Morgan fingerprint density at radius 3 is 1.23 bits per heavy atom. The van der Waals surface area contributed by atoms with Crippen LogP contribution in [0.1, 0.15) is 0 Å². The third-order valence-electron chi connectivity index (χ3n) is 13.8. The minimum absolute atomic E-state index is 0.753. The molecule has 0 N–H and O–H groups in total. The molecule has 10 aromatic carbocycles. The molecule has 2 nitrogen and oxygen atoms in total. The maximum absolute atomic E-state index is 5.56. The molecule has 0 radical (unpaired) electrons. The van der Waals surface area contributed by atoms with Gasteiger partial charge in [0.05, 0.1) is 5.69 Å². The Labute approximate surface area is 406 Å². The summed E-state index contributed by atoms with van der Waals surface area (Å²) in [7, 11) is -2.18. The highest BCUT2D eigenvalue weighted by Gasteiger charge is 2.41. The van der Waals surface area contributed by atoms with Crippen molar-refractivity contribution in [3.8, 4) is 112 Å². The van der Waals surface area contributed by atoms with Gasteiger partial charge in [0.2, 0.25) is 0 Å². The maximum atomic E-state index is 5.56. The number of fused-ring (bicyclic) bond motifs is 3. The number of benzene rings is 10. The largest absolute Gasteiger partial charge is 0.237 e. The lowest BCUT2D eigenvalue weighted by Crippen LogP contribution is -2.50. The summed E-state index contributed by atoms with van der Waals surface area (Å²) in [5.41, 5.74) is 22.0. The average Bonchev–Trinajstić information content (AvgIpc) is 3.66. The van der Waals surface area contributed by atoms with E-state index in [-0.39, 0.29) is 0 Å². The van der Waals surface area contributed by atoms with Crippen molar-refractivity contribution in [1.82, 2.24) is 9.97 Å². The molecule has 326 valence electrons. The molecule has 0 atom stereocenters. The van der Waals surface area contributed by atoms with E-state index in [1.54, 1.807) is 0 Å². The average molecular weight is 897 g/mol. The van der Waals surface area contributed by atoms with Crippen LogP contribution in [0.3, 0.4) is 0 Å². The van der Waals surface area contributed by atoms with Crippen molar-refractivity contribution in [2.75, 3.05) is 0 Å². The van der Waals surface area contributed by atoms with Gasteiger partial charge in [-0.05, 0) is 113 Å². The Balaban J connectivity index is 1.04. The monoisotopic (exact) mass is 896 g/mol. The van der Waals surface area contributed by atoms with Gasteiger partial charge in [0.15, 0.2) is 5.82 Å². The van der Waals surface area contributed by atoms with Crippen molar-refractivity contribution in [3.05, 3.63) is 255 Å². The maximum Gasteiger partial charge on any atom is 0.159 e. The molecule has 0 saturated carbocycles. The molecule has 1 aromatic heterocycles. The van der Waals surface area contributed by atoms with Crippen molar-refractivity contribution < 1.29 is 0 Å². The van der Waals surface area contributed by atoms with Crippen LogP contribution in [-0.4, -0.2) is 18.0 Å². The molecule has 12 rings (SSSR count). The lowest BCUT2D eigenvalue weighted by atomic mass is 9.78. The summed E-state index contributed by atoms with van der Waals surface area (Å²) in [4.78, 5) is 11.1. The second-order valence-corrected chi connectivity index (χ2v) is 22.7. The molecule has 1 aliphatic heterocycles. The summed E-state index contributed by atoms with van der Waals surface area (Å²) in [5, 5.41) is 2.60. The van der Waals surface area contributed by atoms with Crippen molar-refractivity contribution in [1.29, 1.82) is 0 Å². The number of hydrogen-bond donors (Lipinski definition) is 0. The first-order valence-corrected chi connectivity index (χ1v) is 26.8. The molecule has 1 aliphatic rings. The summed E-state index contributed by atoms with van der Waals surface area (Å²) in [5.74, 6) is 0.753. The van der Waals surface area contributed by atoms with Crippen molar-refractivity contribution in [3.63, 3.8) is 0 Å². The summed E-state index contributed by atoms with van der Waals surface area (Å²) < 4.78 is 0. The van der Waals surface area contributed by atoms with E-state index in [0.29, 0.717) is 0 Å². The molecule has 69 heavy (non-hydrogen) atoms. The molecule has 0 saturated heterocycles. The van der Waals surface area contributed by atoms with Crippen LogP contribution in [-0.2, 0) is 0 Å². The summed E-state index contributed by atoms with van der Waals surface area (Å²) >= 11 is 0. The first-order chi connectivity index (χ1) is 34.0. The fourth-order valence-electron chi connectivity index (χ4n) is 10.5. The van der Waals surface area contributed by atoms with Gasteiger partial charge in [-0.1, -0.05) is 244 Å². The SMILES string of the molecule is C[Si]1(C)c2ccccc2-c2c(-c3cccc(-c4ccccc4)c3)nc(-c3cccc(-c4cccc(-c5cc(-c6ccccc6)c(-c6ccccc6)c(-c6ccccc6)c5-c5ccccc5)c4)c3)nc21. The van der Waals surface area contributed by atoms with Gasteiger partial charge in [0.25, 0.3) is 0 Å². The van der Waals surface area contributed by atoms with Crippen LogP contribution in [0.4, 0.5) is 0 Å². The van der Waals surface area contributed by atoms with Crippen LogP contribution in [0.15, 0.2) is 255 Å². The Bertz CT molecular complexity index is 3660. The van der Waals surface area contributed by atoms with Gasteiger partial charge >= 0.3 is 0 Å². The molecular formula is C66H48N2Si. The van der Waals surface area contributed by atoms with E-state index in [2.05, 4.69) is 268 Å². The van der Waals surface area contributed by atoms with Gasteiger partial charge in [0.1, 0.15) is 8.07 Å². The van der Waals surface area contributed by atoms with Crippen molar-refractivity contribution in [2.24, 2.45) is 0 Å². The van der Waals surface area contributed by atoms with Gasteiger partial charge < -0.3 is 0 Å². The second kappa shape index (κ2) is 17.6. The van der Waals surface area contributed by atoms with Gasteiger partial charge in [-0.15, -0.1) is 0 Å². The molecule has 0 aliphatic carbocycles. The highest BCUT2D eigenvalue weighted by molar-refractivity contribution is 7.03. The van der Waals surface area contributed by atoms with Crippen LogP contribution in [0, 0.1) is 0 Å². The molecule has 0 amide bonds. The smallest absolute Gasteiger partial charge is 0.159 e. The van der Waals surface area contributed by atoms with E-state index >= 15 is 0 Å². The summed E-state index contributed by atoms with van der Waals surface area (Å²) in [6.07, 6.45) is 0. The fourth-order valence-corrected chi connectivity index (χ4v) is 13.4. The predicted octanol–water partition coefficient (Wildman–Crippen LogP) is 16.3. The molecule has 3 heteroatoms. The zero-order chi connectivity index (χ0) is 46.3. The zero-order valence-corrected chi connectivity index (χ0v) is 39.6. The lowest BCUT2D eigenvalue weighted by molar-refractivity contribution is 1.21. The standard InChI is InChI=1S/C66H48N2Si/c1-69(2)59-40-19-18-39-56(59)63-64(54-37-21-33-50(42-54)45-23-8-3-9-24-45)67-65(68-66(63)69)55-38-22-35-52(43-55)51-34-20-36-53(41-51)58-44-57(46-25-10-4-11-26-46)60(47-27-12-5-13-28-47)62(49-31-16-7-17-32-49)61(58)48-29-14-6-15-30-48/h3-44H,1-2H3. The van der Waals surface area contributed by atoms with Crippen LogP contribution in [0.2, 0.25) is 13.1 Å². The van der Waals surface area contributed by atoms with E-state index < -0.39 is 8.07 Å². The third kappa shape index (κ3) is 7.64. The third-order valence-corrected chi connectivity index (χ3v) is 17.2. The summed E-state index contributed by atoms with van der Waals surface area (Å²) in [6, 6.07) is 92.2. The normalized spacial score (nSPS) is 12.3. The topological polar surface area (TPSA) is 25.8 Å². The molecular weight excluding hydrogens is 849 g/mol. The molecule has 0 bridgehead atoms. The van der Waals surface area contributed by atoms with Crippen LogP contribution < -0.4 is 10.5 Å². The fraction of sp³-hybridized carbons (Fsp3) is 0.0303. The summed E-state index contributed by atoms with van der Waals surface area (Å²) in [6.45, 7) is 4.87. The van der Waals surface area contributed by atoms with Crippen LogP contribution in [0.25, 0.3) is 112 Å². The number of nitrogens with zero attached hydrogens (tertiary/aromatic N) is 2. The highest BCUT2D eigenvalue weighted by Crippen LogP contribution is 2.50. The lowest BCUT2D eigenvalue weighted by Gasteiger charge is -2.24. The van der Waals surface area contributed by atoms with E-state index in [0.717, 1.165) is 39.3 Å². The quantitative estimate of drug-likeness (QED) is 0.135. The van der Waals surface area contributed by atoms with E-state index in [1.807, 2.05) is 0 Å². The molecule has 2 heterocycles. The Hall–Kier alpha value is -8.50. The van der Waals surface area contributed by atoms with E-state index in [1.165, 1.54) is 82.8 Å². The molecule has 0 spiro atoms. The van der Waals surface area contributed by atoms with E-state index in [9.17, 15) is 0 Å². The van der Waals surface area contributed by atoms with Crippen molar-refractivity contribution >= 4 is 18.6 Å².